The van der Waals surface area contributed by atoms with E-state index in [4.69, 9.17) is 9.47 Å². The molecule has 0 spiro atoms. The smallest absolute Gasteiger partial charge is 0.325 e. The first kappa shape index (κ1) is 19.7. The Morgan fingerprint density at radius 3 is 2.08 bits per heavy atom. The molecular weight excluding hydrogens is 334 g/mol. The number of hydrogen-bond donors (Lipinski definition) is 3. The number of methoxy groups -OCH3 is 2. The number of ether oxygens (including phenoxy) is 3. The van der Waals surface area contributed by atoms with Gasteiger partial charge in [-0.15, -0.1) is 0 Å². The first-order valence-electron chi connectivity index (χ1n) is 7.08. The second kappa shape index (κ2) is 9.75. The number of esters is 1. The van der Waals surface area contributed by atoms with Crippen molar-refractivity contribution >= 4 is 23.7 Å². The lowest BCUT2D eigenvalue weighted by Crippen LogP contribution is -2.43. The molecule has 0 saturated carbocycles. The third kappa shape index (κ3) is 7.20. The molecule has 1 aromatic carbocycles. The lowest BCUT2D eigenvalue weighted by Gasteiger charge is -2.09. The van der Waals surface area contributed by atoms with E-state index in [2.05, 4.69) is 10.1 Å². The molecule has 0 fully saturated rings. The fourth-order valence-electron chi connectivity index (χ4n) is 1.58. The molecule has 3 N–H and O–H groups in total. The van der Waals surface area contributed by atoms with Crippen LogP contribution in [0.1, 0.15) is 17.3 Å². The fourth-order valence-corrected chi connectivity index (χ4v) is 1.58. The second-order valence-corrected chi connectivity index (χ2v) is 4.67. The number of rotatable bonds is 7. The molecule has 0 radical (unpaired) electrons. The van der Waals surface area contributed by atoms with Crippen LogP contribution in [0.2, 0.25) is 0 Å². The highest BCUT2D eigenvalue weighted by Gasteiger charge is 2.13. The number of carbonyl (C=O) groups excluding carboxylic acids is 4. The summed E-state index contributed by atoms with van der Waals surface area (Å²) < 4.78 is 14.7. The summed E-state index contributed by atoms with van der Waals surface area (Å²) in [6.45, 7) is 0.170. The van der Waals surface area contributed by atoms with Crippen LogP contribution in [0.4, 0.5) is 0 Å². The predicted octanol–water partition coefficient (Wildman–Crippen LogP) is -0.856. The number of hydrazine groups is 1. The van der Waals surface area contributed by atoms with Crippen molar-refractivity contribution in [2.24, 2.45) is 0 Å². The number of nitrogens with one attached hydrogen (secondary N) is 3. The van der Waals surface area contributed by atoms with Crippen LogP contribution in [0.25, 0.3) is 0 Å². The minimum Gasteiger partial charge on any atom is -0.497 e. The van der Waals surface area contributed by atoms with Crippen molar-refractivity contribution in [1.29, 1.82) is 0 Å². The van der Waals surface area contributed by atoms with Crippen LogP contribution < -0.4 is 25.6 Å². The standard InChI is InChI=1S/C15H19N3O7/c1-9(19)17-18-13(20)8-25-14(21)7-16-15(22)10-4-11(23-2)6-12(5-10)24-3/h4-6H,7-8H2,1-3H3,(H,16,22)(H,17,19)(H,18,20). The molecular formula is C15H19N3O7. The highest BCUT2D eigenvalue weighted by atomic mass is 16.5. The van der Waals surface area contributed by atoms with E-state index in [1.165, 1.54) is 33.3 Å². The van der Waals surface area contributed by atoms with Gasteiger partial charge in [0.05, 0.1) is 14.2 Å². The molecule has 0 aromatic heterocycles. The summed E-state index contributed by atoms with van der Waals surface area (Å²) in [4.78, 5) is 45.4. The maximum absolute atomic E-state index is 12.0. The van der Waals surface area contributed by atoms with Crippen LogP contribution >= 0.6 is 0 Å². The molecule has 10 heteroatoms. The number of amides is 3. The van der Waals surface area contributed by atoms with Gasteiger partial charge in [0.15, 0.2) is 6.61 Å². The average Bonchev–Trinajstić information content (AvgIpc) is 2.61. The Balaban J connectivity index is 2.46. The quantitative estimate of drug-likeness (QED) is 0.429. The van der Waals surface area contributed by atoms with E-state index < -0.39 is 36.8 Å². The monoisotopic (exact) mass is 353 g/mol. The molecule has 0 aliphatic carbocycles. The van der Waals surface area contributed by atoms with Crippen molar-refractivity contribution in [1.82, 2.24) is 16.2 Å². The minimum absolute atomic E-state index is 0.229. The zero-order valence-electron chi connectivity index (χ0n) is 14.0. The molecule has 10 nitrogen and oxygen atoms in total. The van der Waals surface area contributed by atoms with Crippen LogP contribution in [0.3, 0.4) is 0 Å². The summed E-state index contributed by atoms with van der Waals surface area (Å²) >= 11 is 0. The minimum atomic E-state index is -0.818. The molecule has 0 aliphatic heterocycles. The Morgan fingerprint density at radius 1 is 0.960 bits per heavy atom. The van der Waals surface area contributed by atoms with Crippen molar-refractivity contribution in [2.45, 2.75) is 6.92 Å². The van der Waals surface area contributed by atoms with Gasteiger partial charge in [0.2, 0.25) is 5.91 Å². The van der Waals surface area contributed by atoms with Gasteiger partial charge in [-0.25, -0.2) is 0 Å². The van der Waals surface area contributed by atoms with Gasteiger partial charge in [0.1, 0.15) is 18.0 Å². The normalized spacial score (nSPS) is 9.56. The van der Waals surface area contributed by atoms with E-state index in [0.717, 1.165) is 0 Å². The SMILES string of the molecule is COc1cc(OC)cc(C(=O)NCC(=O)OCC(=O)NNC(C)=O)c1. The van der Waals surface area contributed by atoms with E-state index in [1.807, 2.05) is 10.9 Å². The van der Waals surface area contributed by atoms with E-state index in [-0.39, 0.29) is 5.56 Å². The fraction of sp³-hybridized carbons (Fsp3) is 0.333. The van der Waals surface area contributed by atoms with Gasteiger partial charge in [-0.3, -0.25) is 30.0 Å². The first-order valence-corrected chi connectivity index (χ1v) is 7.08. The van der Waals surface area contributed by atoms with Gasteiger partial charge in [0.25, 0.3) is 11.8 Å². The zero-order valence-corrected chi connectivity index (χ0v) is 14.0. The Hall–Kier alpha value is -3.30. The average molecular weight is 353 g/mol. The third-order valence-electron chi connectivity index (χ3n) is 2.75. The van der Waals surface area contributed by atoms with E-state index in [9.17, 15) is 19.2 Å². The number of carbonyl (C=O) groups is 4. The molecule has 25 heavy (non-hydrogen) atoms. The Bertz CT molecular complexity index is 638. The van der Waals surface area contributed by atoms with Gasteiger partial charge < -0.3 is 19.5 Å². The first-order chi connectivity index (χ1) is 11.8. The second-order valence-electron chi connectivity index (χ2n) is 4.67. The Kier molecular flexibility index (Phi) is 7.70. The molecule has 0 atom stereocenters. The van der Waals surface area contributed by atoms with Gasteiger partial charge in [-0.1, -0.05) is 0 Å². The van der Waals surface area contributed by atoms with Gasteiger partial charge in [-0.2, -0.15) is 0 Å². The highest BCUT2D eigenvalue weighted by Crippen LogP contribution is 2.22. The highest BCUT2D eigenvalue weighted by molar-refractivity contribution is 5.96. The molecule has 0 heterocycles. The van der Waals surface area contributed by atoms with Crippen LogP contribution in [-0.4, -0.2) is 51.1 Å². The van der Waals surface area contributed by atoms with Crippen LogP contribution in [0.5, 0.6) is 11.5 Å². The number of hydrogen-bond acceptors (Lipinski definition) is 7. The van der Waals surface area contributed by atoms with Crippen molar-refractivity contribution < 1.29 is 33.4 Å². The third-order valence-corrected chi connectivity index (χ3v) is 2.75. The zero-order chi connectivity index (χ0) is 18.8. The summed E-state index contributed by atoms with van der Waals surface area (Å²) in [7, 11) is 2.89. The van der Waals surface area contributed by atoms with Crippen molar-refractivity contribution in [3.8, 4) is 11.5 Å². The molecule has 0 bridgehead atoms. The van der Waals surface area contributed by atoms with Crippen molar-refractivity contribution in [3.05, 3.63) is 23.8 Å². The number of benzene rings is 1. The lowest BCUT2D eigenvalue weighted by molar-refractivity contribution is -0.148. The van der Waals surface area contributed by atoms with Crippen molar-refractivity contribution in [3.63, 3.8) is 0 Å². The topological polar surface area (TPSA) is 132 Å². The molecule has 1 rings (SSSR count). The van der Waals surface area contributed by atoms with Crippen LogP contribution in [0.15, 0.2) is 18.2 Å². The van der Waals surface area contributed by atoms with E-state index in [1.54, 1.807) is 6.07 Å². The largest absolute Gasteiger partial charge is 0.497 e. The maximum Gasteiger partial charge on any atom is 0.325 e. The summed E-state index contributed by atoms with van der Waals surface area (Å²) in [5, 5.41) is 2.35. The van der Waals surface area contributed by atoms with Gasteiger partial charge in [0, 0.05) is 18.6 Å². The summed E-state index contributed by atoms with van der Waals surface area (Å²) in [6.07, 6.45) is 0. The van der Waals surface area contributed by atoms with Crippen LogP contribution in [-0.2, 0) is 19.1 Å². The van der Waals surface area contributed by atoms with Gasteiger partial charge >= 0.3 is 5.97 Å². The predicted molar refractivity (Wildman–Crippen MR) is 84.8 cm³/mol. The molecule has 3 amide bonds. The van der Waals surface area contributed by atoms with Crippen LogP contribution in [0, 0.1) is 0 Å². The summed E-state index contributed by atoms with van der Waals surface area (Å²) in [6, 6.07) is 4.55. The molecule has 136 valence electrons. The molecule has 0 unspecified atom stereocenters. The molecule has 1 aromatic rings. The van der Waals surface area contributed by atoms with Crippen molar-refractivity contribution in [2.75, 3.05) is 27.4 Å². The maximum atomic E-state index is 12.0. The van der Waals surface area contributed by atoms with E-state index in [0.29, 0.717) is 11.5 Å². The Morgan fingerprint density at radius 2 is 1.56 bits per heavy atom. The summed E-state index contributed by atoms with van der Waals surface area (Å²) in [5.74, 6) is -1.71. The lowest BCUT2D eigenvalue weighted by atomic mass is 10.2. The Labute approximate surface area is 143 Å². The summed E-state index contributed by atoms with van der Waals surface area (Å²) in [5.41, 5.74) is 4.29. The molecule has 0 aliphatic rings. The van der Waals surface area contributed by atoms with Gasteiger partial charge in [-0.05, 0) is 12.1 Å². The van der Waals surface area contributed by atoms with E-state index >= 15 is 0 Å². The molecule has 0 saturated heterocycles.